The summed E-state index contributed by atoms with van der Waals surface area (Å²) < 4.78 is 0. The quantitative estimate of drug-likeness (QED) is 0.772. The highest BCUT2D eigenvalue weighted by atomic mass is 35.5. The summed E-state index contributed by atoms with van der Waals surface area (Å²) in [5, 5.41) is 5.31. The highest BCUT2D eigenvalue weighted by Crippen LogP contribution is 2.26. The Balaban J connectivity index is 1.72. The molecule has 4 amide bonds. The highest BCUT2D eigenvalue weighted by molar-refractivity contribution is 8.14. The number of carbonyl (C=O) groups is 4. The first-order valence-electron chi connectivity index (χ1n) is 8.28. The number of hydrogen-bond donors (Lipinski definition) is 2. The summed E-state index contributed by atoms with van der Waals surface area (Å²) in [7, 11) is 0. The van der Waals surface area contributed by atoms with E-state index in [9.17, 15) is 19.2 Å². The number of thioether (sulfide) groups is 1. The summed E-state index contributed by atoms with van der Waals surface area (Å²) in [5.74, 6) is -0.704. The molecule has 2 aromatic carbocycles. The number of amides is 4. The summed E-state index contributed by atoms with van der Waals surface area (Å²) in [6.07, 6.45) is 0. The zero-order chi connectivity index (χ0) is 20.3. The van der Waals surface area contributed by atoms with Crippen LogP contribution in [0, 0.1) is 0 Å². The summed E-state index contributed by atoms with van der Waals surface area (Å²) in [5.41, 5.74) is 1.96. The van der Waals surface area contributed by atoms with Gasteiger partial charge >= 0.3 is 0 Å². The topological polar surface area (TPSA) is 95.6 Å². The third kappa shape index (κ3) is 4.71. The minimum absolute atomic E-state index is 0.123. The van der Waals surface area contributed by atoms with Gasteiger partial charge in [0.25, 0.3) is 11.1 Å². The maximum absolute atomic E-state index is 12.6. The predicted octanol–water partition coefficient (Wildman–Crippen LogP) is 3.75. The molecule has 0 aromatic heterocycles. The first-order chi connectivity index (χ1) is 13.3. The Morgan fingerprint density at radius 3 is 2.57 bits per heavy atom. The molecule has 0 atom stereocenters. The second-order valence-electron chi connectivity index (χ2n) is 6.06. The first-order valence-corrected chi connectivity index (χ1v) is 9.64. The molecule has 1 fully saturated rings. The van der Waals surface area contributed by atoms with Crippen LogP contribution in [-0.2, 0) is 16.1 Å². The number of nitrogens with zero attached hydrogens (tertiary/aromatic N) is 1. The van der Waals surface area contributed by atoms with E-state index in [4.69, 9.17) is 11.6 Å². The molecule has 9 heteroatoms. The minimum Gasteiger partial charge on any atom is -0.326 e. The lowest BCUT2D eigenvalue weighted by Crippen LogP contribution is -2.28. The van der Waals surface area contributed by atoms with E-state index >= 15 is 0 Å². The lowest BCUT2D eigenvalue weighted by Gasteiger charge is -2.14. The van der Waals surface area contributed by atoms with E-state index in [1.807, 2.05) is 0 Å². The van der Waals surface area contributed by atoms with Crippen LogP contribution in [0.5, 0.6) is 0 Å². The van der Waals surface area contributed by atoms with Gasteiger partial charge in [0.2, 0.25) is 11.8 Å². The van der Waals surface area contributed by atoms with Crippen molar-refractivity contribution in [2.24, 2.45) is 0 Å². The molecule has 2 aromatic rings. The van der Waals surface area contributed by atoms with Crippen LogP contribution in [0.4, 0.5) is 16.2 Å². The van der Waals surface area contributed by atoms with Gasteiger partial charge in [0, 0.05) is 18.2 Å². The Labute approximate surface area is 170 Å². The van der Waals surface area contributed by atoms with Gasteiger partial charge in [-0.05, 0) is 35.9 Å². The number of halogens is 1. The first kappa shape index (κ1) is 19.9. The van der Waals surface area contributed by atoms with E-state index < -0.39 is 0 Å². The van der Waals surface area contributed by atoms with Crippen molar-refractivity contribution in [1.82, 2.24) is 4.90 Å². The maximum atomic E-state index is 12.6. The van der Waals surface area contributed by atoms with Gasteiger partial charge in [-0.25, -0.2) is 0 Å². The fraction of sp³-hybridized carbons (Fsp3) is 0.158. The number of hydrogen-bond acceptors (Lipinski definition) is 5. The van der Waals surface area contributed by atoms with Crippen molar-refractivity contribution >= 4 is 57.7 Å². The molecule has 0 aliphatic carbocycles. The average Bonchev–Trinajstić information content (AvgIpc) is 2.95. The summed E-state index contributed by atoms with van der Waals surface area (Å²) in [6.45, 7) is 1.51. The van der Waals surface area contributed by atoms with Crippen molar-refractivity contribution in [2.75, 3.05) is 16.4 Å². The van der Waals surface area contributed by atoms with Crippen molar-refractivity contribution < 1.29 is 19.2 Å². The molecule has 1 saturated heterocycles. The third-order valence-corrected chi connectivity index (χ3v) is 5.08. The fourth-order valence-corrected chi connectivity index (χ4v) is 3.57. The van der Waals surface area contributed by atoms with Gasteiger partial charge in [-0.1, -0.05) is 35.5 Å². The van der Waals surface area contributed by atoms with Gasteiger partial charge in [-0.3, -0.25) is 24.1 Å². The van der Waals surface area contributed by atoms with Crippen molar-refractivity contribution in [3.05, 3.63) is 58.6 Å². The molecule has 1 aliphatic heterocycles. The number of imide groups is 1. The monoisotopic (exact) mass is 417 g/mol. The Kier molecular flexibility index (Phi) is 6.01. The van der Waals surface area contributed by atoms with E-state index in [2.05, 4.69) is 10.6 Å². The van der Waals surface area contributed by atoms with Crippen molar-refractivity contribution in [3.8, 4) is 0 Å². The molecule has 1 aliphatic rings. The number of anilines is 2. The zero-order valence-corrected chi connectivity index (χ0v) is 16.4. The van der Waals surface area contributed by atoms with E-state index in [1.165, 1.54) is 17.9 Å². The van der Waals surface area contributed by atoms with E-state index in [0.29, 0.717) is 22.5 Å². The molecule has 0 spiro atoms. The SMILES string of the molecule is CC(=O)Nc1ccc(NC(=O)c2cccc(CN3C(=O)CSC3=O)c2)c(Cl)c1. The summed E-state index contributed by atoms with van der Waals surface area (Å²) in [6, 6.07) is 11.4. The normalized spacial score (nSPS) is 13.6. The molecule has 28 heavy (non-hydrogen) atoms. The minimum atomic E-state index is -0.385. The van der Waals surface area contributed by atoms with Gasteiger partial charge in [0.1, 0.15) is 0 Å². The molecule has 7 nitrogen and oxygen atoms in total. The van der Waals surface area contributed by atoms with Gasteiger partial charge in [0.05, 0.1) is 23.0 Å². The molecule has 0 unspecified atom stereocenters. The van der Waals surface area contributed by atoms with Crippen LogP contribution in [0.1, 0.15) is 22.8 Å². The summed E-state index contributed by atoms with van der Waals surface area (Å²) >= 11 is 7.14. The van der Waals surface area contributed by atoms with E-state index in [0.717, 1.165) is 11.8 Å². The predicted molar refractivity (Wildman–Crippen MR) is 109 cm³/mol. The van der Waals surface area contributed by atoms with Crippen molar-refractivity contribution in [1.29, 1.82) is 0 Å². The van der Waals surface area contributed by atoms with Crippen LogP contribution in [0.15, 0.2) is 42.5 Å². The smallest absolute Gasteiger partial charge is 0.289 e. The van der Waals surface area contributed by atoms with Crippen LogP contribution in [0.25, 0.3) is 0 Å². The van der Waals surface area contributed by atoms with Gasteiger partial charge in [-0.15, -0.1) is 0 Å². The van der Waals surface area contributed by atoms with Crippen molar-refractivity contribution in [3.63, 3.8) is 0 Å². The lowest BCUT2D eigenvalue weighted by atomic mass is 10.1. The van der Waals surface area contributed by atoms with Crippen LogP contribution < -0.4 is 10.6 Å². The van der Waals surface area contributed by atoms with E-state index in [-0.39, 0.29) is 40.3 Å². The third-order valence-electron chi connectivity index (χ3n) is 3.91. The number of rotatable bonds is 5. The number of benzene rings is 2. The molecule has 1 heterocycles. The Hall–Kier alpha value is -2.84. The number of carbonyl (C=O) groups excluding carboxylic acids is 4. The highest BCUT2D eigenvalue weighted by Gasteiger charge is 2.29. The van der Waals surface area contributed by atoms with Gasteiger partial charge in [-0.2, -0.15) is 0 Å². The lowest BCUT2D eigenvalue weighted by molar-refractivity contribution is -0.125. The largest absolute Gasteiger partial charge is 0.326 e. The van der Waals surface area contributed by atoms with E-state index in [1.54, 1.807) is 36.4 Å². The maximum Gasteiger partial charge on any atom is 0.289 e. The van der Waals surface area contributed by atoms with Gasteiger partial charge in [0.15, 0.2) is 0 Å². The Morgan fingerprint density at radius 1 is 1.14 bits per heavy atom. The molecular formula is C19H16ClN3O4S. The summed E-state index contributed by atoms with van der Waals surface area (Å²) in [4.78, 5) is 48.3. The molecule has 2 N–H and O–H groups in total. The Morgan fingerprint density at radius 2 is 1.93 bits per heavy atom. The van der Waals surface area contributed by atoms with Gasteiger partial charge < -0.3 is 10.6 Å². The van der Waals surface area contributed by atoms with Crippen molar-refractivity contribution in [2.45, 2.75) is 13.5 Å². The van der Waals surface area contributed by atoms with Crippen LogP contribution in [0.3, 0.4) is 0 Å². The molecular weight excluding hydrogens is 402 g/mol. The van der Waals surface area contributed by atoms with Crippen LogP contribution in [0.2, 0.25) is 5.02 Å². The zero-order valence-electron chi connectivity index (χ0n) is 14.8. The Bertz CT molecular complexity index is 963. The van der Waals surface area contributed by atoms with Crippen LogP contribution >= 0.6 is 23.4 Å². The standard InChI is InChI=1S/C19H16ClN3O4S/c1-11(24)21-14-5-6-16(15(20)8-14)22-18(26)13-4-2-3-12(7-13)9-23-17(25)10-28-19(23)27/h2-8H,9-10H2,1H3,(H,21,24)(H,22,26). The molecule has 0 bridgehead atoms. The second kappa shape index (κ2) is 8.45. The molecule has 0 saturated carbocycles. The molecule has 144 valence electrons. The number of nitrogens with one attached hydrogen (secondary N) is 2. The van der Waals surface area contributed by atoms with Crippen LogP contribution in [-0.4, -0.2) is 33.6 Å². The average molecular weight is 418 g/mol. The molecule has 0 radical (unpaired) electrons. The molecule has 3 rings (SSSR count). The second-order valence-corrected chi connectivity index (χ2v) is 7.40. The fourth-order valence-electron chi connectivity index (χ4n) is 2.62.